The van der Waals surface area contributed by atoms with Crippen molar-refractivity contribution in [1.29, 1.82) is 0 Å². The monoisotopic (exact) mass is 268 g/mol. The standard InChI is InChI=1S/C14H17FO4/c1-3-5-6-9-7-8-10(14(18)19-4-2)11(12(9)15)13(16)17/h7-8H,3-6H2,1-2H3,(H,16,17). The van der Waals surface area contributed by atoms with Gasteiger partial charge >= 0.3 is 11.9 Å². The molecule has 0 aliphatic rings. The highest BCUT2D eigenvalue weighted by Gasteiger charge is 2.24. The molecule has 0 saturated carbocycles. The zero-order valence-corrected chi connectivity index (χ0v) is 11.0. The number of rotatable bonds is 6. The lowest BCUT2D eigenvalue weighted by Gasteiger charge is -2.10. The molecule has 104 valence electrons. The van der Waals surface area contributed by atoms with Crippen LogP contribution in [0.5, 0.6) is 0 Å². The lowest BCUT2D eigenvalue weighted by Crippen LogP contribution is -2.15. The smallest absolute Gasteiger partial charge is 0.339 e. The van der Waals surface area contributed by atoms with Crippen LogP contribution in [0.2, 0.25) is 0 Å². The normalized spacial score (nSPS) is 10.3. The van der Waals surface area contributed by atoms with E-state index in [2.05, 4.69) is 0 Å². The lowest BCUT2D eigenvalue weighted by atomic mass is 9.99. The predicted octanol–water partition coefficient (Wildman–Crippen LogP) is 3.04. The van der Waals surface area contributed by atoms with Gasteiger partial charge in [0.15, 0.2) is 0 Å². The molecule has 1 rings (SSSR count). The van der Waals surface area contributed by atoms with Gasteiger partial charge in [-0.2, -0.15) is 0 Å². The Morgan fingerprint density at radius 1 is 1.32 bits per heavy atom. The van der Waals surface area contributed by atoms with Crippen LogP contribution in [0.4, 0.5) is 4.39 Å². The largest absolute Gasteiger partial charge is 0.478 e. The summed E-state index contributed by atoms with van der Waals surface area (Å²) in [6, 6.07) is 2.76. The second-order valence-corrected chi connectivity index (χ2v) is 4.09. The number of carboxylic acids is 1. The van der Waals surface area contributed by atoms with Crippen molar-refractivity contribution in [2.24, 2.45) is 0 Å². The number of unbranched alkanes of at least 4 members (excludes halogenated alkanes) is 1. The molecule has 0 atom stereocenters. The molecule has 0 aliphatic heterocycles. The van der Waals surface area contributed by atoms with Crippen molar-refractivity contribution in [1.82, 2.24) is 0 Å². The number of carboxylic acid groups (broad SMARTS) is 1. The van der Waals surface area contributed by atoms with Crippen molar-refractivity contribution >= 4 is 11.9 Å². The van der Waals surface area contributed by atoms with Crippen LogP contribution in [-0.2, 0) is 11.2 Å². The van der Waals surface area contributed by atoms with Gasteiger partial charge in [-0.05, 0) is 31.4 Å². The Kier molecular flexibility index (Phi) is 5.48. The Bertz CT molecular complexity index is 483. The van der Waals surface area contributed by atoms with Crippen LogP contribution in [0.25, 0.3) is 0 Å². The lowest BCUT2D eigenvalue weighted by molar-refractivity contribution is 0.0513. The average molecular weight is 268 g/mol. The summed E-state index contributed by atoms with van der Waals surface area (Å²) in [5, 5.41) is 9.07. The molecule has 0 saturated heterocycles. The molecule has 0 radical (unpaired) electrons. The summed E-state index contributed by atoms with van der Waals surface area (Å²) in [5.74, 6) is -3.12. The van der Waals surface area contributed by atoms with E-state index < -0.39 is 23.3 Å². The number of carbonyl (C=O) groups is 2. The number of esters is 1. The maximum Gasteiger partial charge on any atom is 0.339 e. The molecule has 1 N–H and O–H groups in total. The maximum absolute atomic E-state index is 14.1. The molecule has 0 unspecified atom stereocenters. The van der Waals surface area contributed by atoms with Gasteiger partial charge in [-0.1, -0.05) is 19.4 Å². The Labute approximate surface area is 111 Å². The molecule has 0 heterocycles. The fourth-order valence-corrected chi connectivity index (χ4v) is 1.77. The van der Waals surface area contributed by atoms with Crippen LogP contribution in [0.15, 0.2) is 12.1 Å². The third-order valence-electron chi connectivity index (χ3n) is 2.73. The summed E-state index contributed by atoms with van der Waals surface area (Å²) in [6.07, 6.45) is 2.09. The fourth-order valence-electron chi connectivity index (χ4n) is 1.77. The van der Waals surface area contributed by atoms with Gasteiger partial charge in [-0.3, -0.25) is 0 Å². The summed E-state index contributed by atoms with van der Waals surface area (Å²) in [5.41, 5.74) is -0.536. The molecule has 1 aromatic rings. The Balaban J connectivity index is 3.23. The minimum Gasteiger partial charge on any atom is -0.478 e. The first-order valence-electron chi connectivity index (χ1n) is 6.24. The van der Waals surface area contributed by atoms with Crippen LogP contribution in [0, 0.1) is 5.82 Å². The first kappa shape index (κ1) is 15.1. The summed E-state index contributed by atoms with van der Waals surface area (Å²) >= 11 is 0. The highest BCUT2D eigenvalue weighted by atomic mass is 19.1. The second-order valence-electron chi connectivity index (χ2n) is 4.09. The molecule has 0 fully saturated rings. The molecule has 19 heavy (non-hydrogen) atoms. The zero-order chi connectivity index (χ0) is 14.4. The number of carbonyl (C=O) groups excluding carboxylic acids is 1. The Hall–Kier alpha value is -1.91. The fraction of sp³-hybridized carbons (Fsp3) is 0.429. The summed E-state index contributed by atoms with van der Waals surface area (Å²) in [7, 11) is 0. The van der Waals surface area contributed by atoms with Gasteiger partial charge in [-0.25, -0.2) is 14.0 Å². The second kappa shape index (κ2) is 6.87. The van der Waals surface area contributed by atoms with E-state index in [0.29, 0.717) is 12.0 Å². The summed E-state index contributed by atoms with van der Waals surface area (Å²) in [4.78, 5) is 22.7. The van der Waals surface area contributed by atoms with Crippen LogP contribution in [0.3, 0.4) is 0 Å². The van der Waals surface area contributed by atoms with E-state index in [0.717, 1.165) is 12.8 Å². The van der Waals surface area contributed by atoms with Crippen LogP contribution in [-0.4, -0.2) is 23.7 Å². The Morgan fingerprint density at radius 3 is 2.53 bits per heavy atom. The van der Waals surface area contributed by atoms with Gasteiger partial charge in [0.25, 0.3) is 0 Å². The minimum absolute atomic E-state index is 0.108. The van der Waals surface area contributed by atoms with E-state index in [4.69, 9.17) is 9.84 Å². The molecule has 0 aliphatic carbocycles. The van der Waals surface area contributed by atoms with Crippen LogP contribution >= 0.6 is 0 Å². The molecule has 4 nitrogen and oxygen atoms in total. The van der Waals surface area contributed by atoms with Gasteiger partial charge in [-0.15, -0.1) is 0 Å². The van der Waals surface area contributed by atoms with Crippen molar-refractivity contribution in [3.8, 4) is 0 Å². The van der Waals surface area contributed by atoms with E-state index in [9.17, 15) is 14.0 Å². The van der Waals surface area contributed by atoms with E-state index in [1.165, 1.54) is 12.1 Å². The molecule has 0 spiro atoms. The van der Waals surface area contributed by atoms with Crippen molar-refractivity contribution in [2.45, 2.75) is 33.1 Å². The van der Waals surface area contributed by atoms with Gasteiger partial charge in [0, 0.05) is 0 Å². The van der Waals surface area contributed by atoms with Crippen molar-refractivity contribution in [2.75, 3.05) is 6.61 Å². The average Bonchev–Trinajstić information content (AvgIpc) is 2.36. The topological polar surface area (TPSA) is 63.6 Å². The van der Waals surface area contributed by atoms with Gasteiger partial charge in [0.2, 0.25) is 0 Å². The molecule has 0 amide bonds. The highest BCUT2D eigenvalue weighted by molar-refractivity contribution is 6.02. The first-order chi connectivity index (χ1) is 9.02. The number of benzene rings is 1. The molecule has 0 aromatic heterocycles. The first-order valence-corrected chi connectivity index (χ1v) is 6.24. The third kappa shape index (κ3) is 3.53. The van der Waals surface area contributed by atoms with Gasteiger partial charge < -0.3 is 9.84 Å². The number of ether oxygens (including phenoxy) is 1. The quantitative estimate of drug-likeness (QED) is 0.805. The molecule has 0 bridgehead atoms. The van der Waals surface area contributed by atoms with E-state index >= 15 is 0 Å². The van der Waals surface area contributed by atoms with Gasteiger partial charge in [0.05, 0.1) is 12.2 Å². The number of hydrogen-bond donors (Lipinski definition) is 1. The minimum atomic E-state index is -1.46. The number of halogens is 1. The number of aryl methyl sites for hydroxylation is 1. The zero-order valence-electron chi connectivity index (χ0n) is 11.0. The SMILES string of the molecule is CCCCc1ccc(C(=O)OCC)c(C(=O)O)c1F. The van der Waals surface area contributed by atoms with Crippen molar-refractivity contribution in [3.63, 3.8) is 0 Å². The van der Waals surface area contributed by atoms with Crippen LogP contribution < -0.4 is 0 Å². The van der Waals surface area contributed by atoms with E-state index in [-0.39, 0.29) is 12.2 Å². The predicted molar refractivity (Wildman–Crippen MR) is 67.9 cm³/mol. The third-order valence-corrected chi connectivity index (χ3v) is 2.73. The highest BCUT2D eigenvalue weighted by Crippen LogP contribution is 2.21. The summed E-state index contributed by atoms with van der Waals surface area (Å²) < 4.78 is 18.8. The van der Waals surface area contributed by atoms with Crippen molar-refractivity contribution in [3.05, 3.63) is 34.6 Å². The molecule has 1 aromatic carbocycles. The number of aromatic carboxylic acids is 1. The number of hydrogen-bond acceptors (Lipinski definition) is 3. The van der Waals surface area contributed by atoms with Gasteiger partial charge in [0.1, 0.15) is 11.4 Å². The molecule has 5 heteroatoms. The van der Waals surface area contributed by atoms with Crippen molar-refractivity contribution < 1.29 is 23.8 Å². The molecular formula is C14H17FO4. The molecular weight excluding hydrogens is 251 g/mol. The van der Waals surface area contributed by atoms with E-state index in [1.807, 2.05) is 6.92 Å². The van der Waals surface area contributed by atoms with Crippen LogP contribution in [0.1, 0.15) is 53.0 Å². The summed E-state index contributed by atoms with van der Waals surface area (Å²) in [6.45, 7) is 3.67. The Morgan fingerprint density at radius 2 is 2.00 bits per heavy atom. The maximum atomic E-state index is 14.1. The van der Waals surface area contributed by atoms with E-state index in [1.54, 1.807) is 6.92 Å².